The number of esters is 1. The van der Waals surface area contributed by atoms with Crippen molar-refractivity contribution in [2.45, 2.75) is 45.1 Å². The van der Waals surface area contributed by atoms with E-state index in [1.807, 2.05) is 97.9 Å². The highest BCUT2D eigenvalue weighted by molar-refractivity contribution is 7.96. The Kier molecular flexibility index (Phi) is 11.6. The summed E-state index contributed by atoms with van der Waals surface area (Å²) in [6.07, 6.45) is 0.895. The Morgan fingerprint density at radius 2 is 1.46 bits per heavy atom. The number of likely N-dealkylation sites (tertiary alicyclic amines) is 1. The van der Waals surface area contributed by atoms with E-state index >= 15 is 0 Å². The summed E-state index contributed by atoms with van der Waals surface area (Å²) in [5.74, 6) is -2.19. The van der Waals surface area contributed by atoms with Gasteiger partial charge in [-0.3, -0.25) is 14.4 Å². The molecule has 0 saturated carbocycles. The maximum Gasteiger partial charge on any atom is 0.356 e. The van der Waals surface area contributed by atoms with Gasteiger partial charge in [0.15, 0.2) is 14.1 Å². The van der Waals surface area contributed by atoms with Crippen molar-refractivity contribution in [2.75, 3.05) is 13.7 Å². The van der Waals surface area contributed by atoms with Crippen LogP contribution in [-0.2, 0) is 18.8 Å². The fraction of sp³-hybridized carbons (Fsp3) is 0.256. The molecule has 5 rings (SSSR count). The summed E-state index contributed by atoms with van der Waals surface area (Å²) in [5.41, 5.74) is 0.580. The number of amides is 2. The van der Waals surface area contributed by atoms with Crippen LogP contribution in [-0.4, -0.2) is 68.0 Å². The molecule has 1 saturated heterocycles. The van der Waals surface area contributed by atoms with Crippen molar-refractivity contribution in [3.05, 3.63) is 126 Å². The second-order valence-electron chi connectivity index (χ2n) is 13.0. The molecule has 4 aromatic rings. The third-order valence-corrected chi connectivity index (χ3v) is 14.9. The largest absolute Gasteiger partial charge is 0.457 e. The molecule has 0 aliphatic carbocycles. The van der Waals surface area contributed by atoms with Crippen LogP contribution in [0.2, 0.25) is 19.6 Å². The van der Waals surface area contributed by atoms with Crippen LogP contribution in [0.25, 0.3) is 0 Å². The second-order valence-corrected chi connectivity index (χ2v) is 21.7. The van der Waals surface area contributed by atoms with Crippen molar-refractivity contribution < 1.29 is 28.3 Å². The molecule has 8 nitrogen and oxygen atoms in total. The molecule has 0 spiro atoms. The van der Waals surface area contributed by atoms with E-state index in [2.05, 4.69) is 31.5 Å². The van der Waals surface area contributed by atoms with Gasteiger partial charge in [0, 0.05) is 25.7 Å². The van der Waals surface area contributed by atoms with Gasteiger partial charge >= 0.3 is 5.97 Å². The minimum atomic E-state index is -3.16. The number of nitrogens with zero attached hydrogens (tertiary/aromatic N) is 1. The Balaban J connectivity index is 1.82. The number of carbonyl (C=O) groups is 4. The van der Waals surface area contributed by atoms with E-state index in [1.54, 1.807) is 11.4 Å². The molecule has 1 aromatic heterocycles. The highest BCUT2D eigenvalue weighted by Crippen LogP contribution is 2.50. The molecule has 1 aliphatic rings. The number of ketones is 1. The van der Waals surface area contributed by atoms with Crippen LogP contribution in [0.5, 0.6) is 0 Å². The number of benzene rings is 3. The third-order valence-electron chi connectivity index (χ3n) is 8.56. The summed E-state index contributed by atoms with van der Waals surface area (Å²) in [4.78, 5) is 57.9. The smallest absolute Gasteiger partial charge is 0.356 e. The zero-order valence-electron chi connectivity index (χ0n) is 29.0. The lowest BCUT2D eigenvalue weighted by Crippen LogP contribution is -2.69. The lowest BCUT2D eigenvalue weighted by molar-refractivity contribution is -0.156. The Hall–Kier alpha value is -4.34. The number of ether oxygens (including phenoxy) is 1. The Morgan fingerprint density at radius 1 is 0.940 bits per heavy atom. The van der Waals surface area contributed by atoms with Gasteiger partial charge in [-0.2, -0.15) is 0 Å². The first-order valence-electron chi connectivity index (χ1n) is 16.5. The number of hydrogen-bond acceptors (Lipinski definition) is 7. The summed E-state index contributed by atoms with van der Waals surface area (Å²) >= 11 is 1.18. The van der Waals surface area contributed by atoms with Crippen molar-refractivity contribution in [3.63, 3.8) is 0 Å². The quantitative estimate of drug-likeness (QED) is 0.0454. The van der Waals surface area contributed by atoms with Crippen LogP contribution in [0.15, 0.2) is 115 Å². The molecule has 3 unspecified atom stereocenters. The number of rotatable bonds is 14. The minimum Gasteiger partial charge on any atom is -0.457 e. The molecule has 1 N–H and O–H groups in total. The molecule has 11 heteroatoms. The van der Waals surface area contributed by atoms with Crippen LogP contribution in [0, 0.1) is 5.92 Å². The highest BCUT2D eigenvalue weighted by atomic mass is 32.1. The molecule has 50 heavy (non-hydrogen) atoms. The zero-order valence-corrected chi connectivity index (χ0v) is 31.7. The van der Waals surface area contributed by atoms with Gasteiger partial charge in [0.2, 0.25) is 5.91 Å². The fourth-order valence-corrected chi connectivity index (χ4v) is 13.1. The van der Waals surface area contributed by atoms with E-state index < -0.39 is 39.2 Å². The van der Waals surface area contributed by atoms with E-state index in [0.717, 1.165) is 15.9 Å². The SMILES string of the molecule is C=CCOC(=O)C(N1C(=O)C(C(C)O[Si](C)(C)C)C1CC(=O)c1cc(C(=O)NC)cs1)=P(c1ccccc1)(c1ccccc1)c1ccccc1. The Labute approximate surface area is 299 Å². The normalized spacial score (nSPS) is 16.6. The summed E-state index contributed by atoms with van der Waals surface area (Å²) in [5, 5.41) is 6.79. The van der Waals surface area contributed by atoms with Gasteiger partial charge in [-0.25, -0.2) is 4.79 Å². The van der Waals surface area contributed by atoms with E-state index in [9.17, 15) is 19.2 Å². The highest BCUT2D eigenvalue weighted by Gasteiger charge is 2.56. The molecular formula is C39H43N2O6PSSi. The molecule has 3 atom stereocenters. The molecule has 0 radical (unpaired) electrons. The van der Waals surface area contributed by atoms with Gasteiger partial charge in [-0.15, -0.1) is 11.3 Å². The zero-order chi connectivity index (χ0) is 36.1. The number of nitrogens with one attached hydrogen (secondary N) is 1. The van der Waals surface area contributed by atoms with E-state index in [4.69, 9.17) is 9.16 Å². The van der Waals surface area contributed by atoms with Gasteiger partial charge in [0.1, 0.15) is 12.0 Å². The molecule has 1 aliphatic heterocycles. The molecule has 260 valence electrons. The average Bonchev–Trinajstić information content (AvgIpc) is 3.61. The van der Waals surface area contributed by atoms with Gasteiger partial charge in [-0.05, 0) is 48.5 Å². The lowest BCUT2D eigenvalue weighted by Gasteiger charge is -2.52. The molecular weight excluding hydrogens is 684 g/mol. The molecule has 2 heterocycles. The fourth-order valence-electron chi connectivity index (χ4n) is 6.59. The van der Waals surface area contributed by atoms with Crippen LogP contribution in [0.1, 0.15) is 33.4 Å². The van der Waals surface area contributed by atoms with Gasteiger partial charge in [-0.1, -0.05) is 104 Å². The maximum absolute atomic E-state index is 14.8. The predicted octanol–water partition coefficient (Wildman–Crippen LogP) is 5.60. The number of thiophene rings is 1. The third kappa shape index (κ3) is 7.39. The van der Waals surface area contributed by atoms with Gasteiger partial charge < -0.3 is 19.4 Å². The number of carbonyl (C=O) groups excluding carboxylic acids is 4. The van der Waals surface area contributed by atoms with Crippen LogP contribution >= 0.6 is 18.2 Å². The monoisotopic (exact) mass is 726 g/mol. The van der Waals surface area contributed by atoms with E-state index in [0.29, 0.717) is 10.4 Å². The van der Waals surface area contributed by atoms with Crippen LogP contribution in [0.3, 0.4) is 0 Å². The van der Waals surface area contributed by atoms with Crippen molar-refractivity contribution in [1.82, 2.24) is 10.2 Å². The van der Waals surface area contributed by atoms with E-state index in [-0.39, 0.29) is 36.0 Å². The number of hydrogen-bond donors (Lipinski definition) is 1. The number of Topliss-reactive ketones (excluding diaryl/α,β-unsaturated/α-hetero) is 1. The first kappa shape index (κ1) is 36.9. The summed E-state index contributed by atoms with van der Waals surface area (Å²) in [6.45, 7) is 8.56. The molecule has 3 aromatic carbocycles. The van der Waals surface area contributed by atoms with Crippen molar-refractivity contribution >= 4 is 71.4 Å². The summed E-state index contributed by atoms with van der Waals surface area (Å²) in [7, 11) is -0.590. The molecule has 0 bridgehead atoms. The van der Waals surface area contributed by atoms with Crippen molar-refractivity contribution in [3.8, 4) is 0 Å². The average molecular weight is 727 g/mol. The Bertz CT molecular complexity index is 1820. The predicted molar refractivity (Wildman–Crippen MR) is 206 cm³/mol. The minimum absolute atomic E-state index is 0.0671. The van der Waals surface area contributed by atoms with Gasteiger partial charge in [0.05, 0.1) is 28.5 Å². The van der Waals surface area contributed by atoms with Crippen LogP contribution in [0.4, 0.5) is 0 Å². The Morgan fingerprint density at radius 3 is 1.92 bits per heavy atom. The second kappa shape index (κ2) is 15.7. The summed E-state index contributed by atoms with van der Waals surface area (Å²) < 4.78 is 12.3. The van der Waals surface area contributed by atoms with Crippen molar-refractivity contribution in [1.29, 1.82) is 0 Å². The van der Waals surface area contributed by atoms with Gasteiger partial charge in [0.25, 0.3) is 5.91 Å². The van der Waals surface area contributed by atoms with E-state index in [1.165, 1.54) is 29.4 Å². The van der Waals surface area contributed by atoms with Crippen molar-refractivity contribution in [2.24, 2.45) is 5.92 Å². The topological polar surface area (TPSA) is 102 Å². The standard InChI is InChI=1S/C39H43N2O6PSSi/c1-7-23-46-39(45)38(48(29-17-11-8-12-18-29,30-19-13-9-14-20-30)31-21-15-10-16-22-31)41-32(35(37(41)44)27(2)47-50(4,5)6)25-33(42)34-24-28(26-49-34)36(43)40-3/h7-22,24,26-27,32,35H,1,23,25H2,2-6H3,(H,40,43). The number of β-lactam (4-membered cyclic amide) rings is 1. The lowest BCUT2D eigenvalue weighted by atomic mass is 9.80. The first-order chi connectivity index (χ1) is 23.9. The maximum atomic E-state index is 14.8. The molecule has 1 fully saturated rings. The summed E-state index contributed by atoms with van der Waals surface area (Å²) in [6, 6.07) is 30.1. The van der Waals surface area contributed by atoms with Crippen LogP contribution < -0.4 is 21.2 Å². The molecule has 2 amide bonds. The first-order valence-corrected chi connectivity index (χ1v) is 22.6.